The molecule has 3 rings (SSSR count). The molecule has 2 N–H and O–H groups in total. The van der Waals surface area contributed by atoms with E-state index in [-0.39, 0.29) is 11.7 Å². The smallest absolute Gasteiger partial charge is 0.234 e. The van der Waals surface area contributed by atoms with Crippen LogP contribution in [-0.2, 0) is 4.79 Å². The first kappa shape index (κ1) is 17.1. The summed E-state index contributed by atoms with van der Waals surface area (Å²) in [5.74, 6) is 0.523. The molecule has 124 valence electrons. The number of hydrogen-bond donors (Lipinski definition) is 2. The molecular formula is C15H15N5OS3. The lowest BCUT2D eigenvalue weighted by Gasteiger charge is -2.08. The molecule has 0 aliphatic heterocycles. The first-order chi connectivity index (χ1) is 11.7. The van der Waals surface area contributed by atoms with Gasteiger partial charge < -0.3 is 10.6 Å². The summed E-state index contributed by atoms with van der Waals surface area (Å²) in [6, 6.07) is 10.1. The lowest BCUT2D eigenvalue weighted by molar-refractivity contribution is -0.113. The van der Waals surface area contributed by atoms with Crippen molar-refractivity contribution in [3.63, 3.8) is 0 Å². The molecule has 1 aliphatic rings. The number of hydrogen-bond acceptors (Lipinski definition) is 8. The van der Waals surface area contributed by atoms with Crippen molar-refractivity contribution in [2.45, 2.75) is 28.1 Å². The number of thioether (sulfide) groups is 2. The van der Waals surface area contributed by atoms with Crippen molar-refractivity contribution in [2.75, 3.05) is 22.1 Å². The van der Waals surface area contributed by atoms with Crippen LogP contribution in [0.5, 0.6) is 0 Å². The second-order valence-electron chi connectivity index (χ2n) is 5.07. The molecule has 0 bridgehead atoms. The Morgan fingerprint density at radius 3 is 2.96 bits per heavy atom. The van der Waals surface area contributed by atoms with Crippen LogP contribution in [0.4, 0.5) is 10.8 Å². The lowest BCUT2D eigenvalue weighted by Crippen LogP contribution is -2.14. The number of aromatic nitrogens is 2. The molecule has 2 aromatic rings. The summed E-state index contributed by atoms with van der Waals surface area (Å²) in [6.07, 6.45) is 2.38. The number of amides is 1. The molecule has 0 radical (unpaired) electrons. The highest BCUT2D eigenvalue weighted by atomic mass is 32.2. The number of nitrogens with zero attached hydrogens (tertiary/aromatic N) is 3. The molecule has 0 unspecified atom stereocenters. The van der Waals surface area contributed by atoms with Gasteiger partial charge in [-0.3, -0.25) is 4.79 Å². The SMILES string of the molecule is N#CCSc1ccccc1NC(=O)CSc1nnc(NC2CC2)s1. The van der Waals surface area contributed by atoms with Crippen LogP contribution in [0.1, 0.15) is 12.8 Å². The van der Waals surface area contributed by atoms with E-state index in [1.807, 2.05) is 24.3 Å². The van der Waals surface area contributed by atoms with E-state index in [1.54, 1.807) is 0 Å². The Morgan fingerprint density at radius 2 is 2.17 bits per heavy atom. The van der Waals surface area contributed by atoms with E-state index in [0.717, 1.165) is 20.1 Å². The fraction of sp³-hybridized carbons (Fsp3) is 0.333. The Labute approximate surface area is 152 Å². The summed E-state index contributed by atoms with van der Waals surface area (Å²) < 4.78 is 0.778. The van der Waals surface area contributed by atoms with Gasteiger partial charge in [-0.25, -0.2) is 0 Å². The molecule has 9 heteroatoms. The van der Waals surface area contributed by atoms with Crippen molar-refractivity contribution >= 4 is 51.6 Å². The van der Waals surface area contributed by atoms with Gasteiger partial charge in [0.15, 0.2) is 4.34 Å². The zero-order chi connectivity index (χ0) is 16.8. The predicted molar refractivity (Wildman–Crippen MR) is 98.7 cm³/mol. The van der Waals surface area contributed by atoms with Gasteiger partial charge >= 0.3 is 0 Å². The highest BCUT2D eigenvalue weighted by Crippen LogP contribution is 2.31. The minimum Gasteiger partial charge on any atom is -0.357 e. The fourth-order valence-corrected chi connectivity index (χ4v) is 4.15. The normalized spacial score (nSPS) is 13.3. The third kappa shape index (κ3) is 5.12. The summed E-state index contributed by atoms with van der Waals surface area (Å²) >= 11 is 4.25. The molecule has 0 saturated heterocycles. The number of para-hydroxylation sites is 1. The Hall–Kier alpha value is -1.76. The topological polar surface area (TPSA) is 90.7 Å². The molecule has 1 heterocycles. The van der Waals surface area contributed by atoms with E-state index in [9.17, 15) is 4.79 Å². The van der Waals surface area contributed by atoms with E-state index >= 15 is 0 Å². The second kappa shape index (κ2) is 8.37. The second-order valence-corrected chi connectivity index (χ2v) is 8.29. The number of nitriles is 1. The van der Waals surface area contributed by atoms with E-state index < -0.39 is 0 Å². The standard InChI is InChI=1S/C15H15N5OS3/c16-7-8-22-12-4-2-1-3-11(12)18-13(21)9-23-15-20-19-14(24-15)17-10-5-6-10/h1-4,10H,5-6,8-9H2,(H,17,19)(H,18,21). The average molecular weight is 378 g/mol. The highest BCUT2D eigenvalue weighted by molar-refractivity contribution is 8.01. The van der Waals surface area contributed by atoms with Crippen molar-refractivity contribution in [1.82, 2.24) is 10.2 Å². The molecule has 6 nitrogen and oxygen atoms in total. The predicted octanol–water partition coefficient (Wildman–Crippen LogP) is 3.46. The van der Waals surface area contributed by atoms with Crippen molar-refractivity contribution in [3.05, 3.63) is 24.3 Å². The van der Waals surface area contributed by atoms with Crippen LogP contribution in [0, 0.1) is 11.3 Å². The van der Waals surface area contributed by atoms with Gasteiger partial charge in [-0.2, -0.15) is 5.26 Å². The lowest BCUT2D eigenvalue weighted by atomic mass is 10.3. The zero-order valence-corrected chi connectivity index (χ0v) is 15.1. The molecule has 1 aromatic heterocycles. The zero-order valence-electron chi connectivity index (χ0n) is 12.7. The summed E-state index contributed by atoms with van der Waals surface area (Å²) in [4.78, 5) is 13.0. The molecule has 1 aliphatic carbocycles. The average Bonchev–Trinajstić information content (AvgIpc) is 3.28. The van der Waals surface area contributed by atoms with Gasteiger partial charge in [0.1, 0.15) is 0 Å². The van der Waals surface area contributed by atoms with Crippen LogP contribution in [0.3, 0.4) is 0 Å². The van der Waals surface area contributed by atoms with E-state index in [4.69, 9.17) is 5.26 Å². The van der Waals surface area contributed by atoms with E-state index in [2.05, 4.69) is 26.9 Å². The van der Waals surface area contributed by atoms with Crippen molar-refractivity contribution < 1.29 is 4.79 Å². The fourth-order valence-electron chi connectivity index (χ4n) is 1.85. The number of anilines is 2. The van der Waals surface area contributed by atoms with Gasteiger partial charge in [0.2, 0.25) is 11.0 Å². The molecule has 1 saturated carbocycles. The Balaban J connectivity index is 1.50. The molecule has 0 spiro atoms. The molecular weight excluding hydrogens is 362 g/mol. The Morgan fingerprint density at radius 1 is 1.33 bits per heavy atom. The van der Waals surface area contributed by atoms with Gasteiger partial charge in [-0.05, 0) is 25.0 Å². The minimum atomic E-state index is -0.100. The largest absolute Gasteiger partial charge is 0.357 e. The molecule has 1 fully saturated rings. The van der Waals surface area contributed by atoms with Gasteiger partial charge in [0.25, 0.3) is 0 Å². The summed E-state index contributed by atoms with van der Waals surface area (Å²) in [5, 5.41) is 23.9. The number of carbonyl (C=O) groups is 1. The van der Waals surface area contributed by atoms with Crippen LogP contribution in [0.15, 0.2) is 33.5 Å². The maximum Gasteiger partial charge on any atom is 0.234 e. The van der Waals surface area contributed by atoms with Crippen molar-refractivity contribution in [2.24, 2.45) is 0 Å². The summed E-state index contributed by atoms with van der Waals surface area (Å²) in [5.41, 5.74) is 0.733. The molecule has 24 heavy (non-hydrogen) atoms. The maximum absolute atomic E-state index is 12.1. The number of rotatable bonds is 8. The number of benzene rings is 1. The van der Waals surface area contributed by atoms with Crippen LogP contribution >= 0.6 is 34.9 Å². The van der Waals surface area contributed by atoms with Gasteiger partial charge in [-0.1, -0.05) is 35.2 Å². The summed E-state index contributed by atoms with van der Waals surface area (Å²) in [6.45, 7) is 0. The van der Waals surface area contributed by atoms with E-state index in [0.29, 0.717) is 11.8 Å². The Kier molecular flexibility index (Phi) is 5.96. The first-order valence-corrected chi connectivity index (χ1v) is 10.1. The number of carbonyl (C=O) groups excluding carboxylic acids is 1. The minimum absolute atomic E-state index is 0.100. The van der Waals surface area contributed by atoms with Gasteiger partial charge in [-0.15, -0.1) is 22.0 Å². The van der Waals surface area contributed by atoms with Gasteiger partial charge in [0.05, 0.1) is 23.3 Å². The van der Waals surface area contributed by atoms with Crippen molar-refractivity contribution in [1.29, 1.82) is 5.26 Å². The monoisotopic (exact) mass is 377 g/mol. The Bertz CT molecular complexity index is 754. The first-order valence-electron chi connectivity index (χ1n) is 7.36. The third-order valence-corrected chi connectivity index (χ3v) is 6.02. The quantitative estimate of drug-likeness (QED) is 0.681. The van der Waals surface area contributed by atoms with Gasteiger partial charge in [0, 0.05) is 10.9 Å². The molecule has 1 aromatic carbocycles. The molecule has 0 atom stereocenters. The van der Waals surface area contributed by atoms with Crippen LogP contribution in [0.2, 0.25) is 0 Å². The van der Waals surface area contributed by atoms with Crippen LogP contribution < -0.4 is 10.6 Å². The van der Waals surface area contributed by atoms with Crippen LogP contribution in [0.25, 0.3) is 0 Å². The molecule has 1 amide bonds. The third-order valence-electron chi connectivity index (χ3n) is 3.09. The van der Waals surface area contributed by atoms with E-state index in [1.165, 1.54) is 47.7 Å². The van der Waals surface area contributed by atoms with Crippen molar-refractivity contribution in [3.8, 4) is 6.07 Å². The van der Waals surface area contributed by atoms with Crippen LogP contribution in [-0.4, -0.2) is 33.7 Å². The maximum atomic E-state index is 12.1. The summed E-state index contributed by atoms with van der Waals surface area (Å²) in [7, 11) is 0. The highest BCUT2D eigenvalue weighted by Gasteiger charge is 2.22. The number of nitrogens with one attached hydrogen (secondary N) is 2.